The molecule has 2 rings (SSSR count). The fraction of sp³-hybridized carbons (Fsp3) is 0.500. The monoisotopic (exact) mass is 328 g/mol. The maximum absolute atomic E-state index is 12.5. The number of sulfonamides is 1. The van der Waals surface area contributed by atoms with Gasteiger partial charge in [-0.25, -0.2) is 8.42 Å². The Balaban J connectivity index is 2.36. The molecule has 0 saturated heterocycles. The number of para-hydroxylation sites is 1. The number of fused-ring (bicyclic) bond motifs is 1. The van der Waals surface area contributed by atoms with Gasteiger partial charge < -0.3 is 15.2 Å². The number of hydrogen-bond donors (Lipinski definition) is 3. The fourth-order valence-corrected chi connectivity index (χ4v) is 3.76. The van der Waals surface area contributed by atoms with Gasteiger partial charge in [-0.2, -0.15) is 4.72 Å². The number of benzene rings is 1. The van der Waals surface area contributed by atoms with E-state index in [2.05, 4.69) is 10.0 Å². The van der Waals surface area contributed by atoms with E-state index in [-0.39, 0.29) is 4.90 Å². The lowest BCUT2D eigenvalue weighted by Crippen LogP contribution is -2.47. The van der Waals surface area contributed by atoms with Gasteiger partial charge in [0.1, 0.15) is 22.3 Å². The van der Waals surface area contributed by atoms with E-state index in [1.165, 1.54) is 13.1 Å². The number of carbonyl (C=O) groups is 1. The Morgan fingerprint density at radius 3 is 2.73 bits per heavy atom. The highest BCUT2D eigenvalue weighted by Crippen LogP contribution is 2.39. The van der Waals surface area contributed by atoms with Crippen molar-refractivity contribution < 1.29 is 23.1 Å². The van der Waals surface area contributed by atoms with Gasteiger partial charge in [0.15, 0.2) is 0 Å². The largest absolute Gasteiger partial charge is 0.486 e. The van der Waals surface area contributed by atoms with Crippen molar-refractivity contribution in [2.75, 3.05) is 13.7 Å². The minimum atomic E-state index is -4.00. The van der Waals surface area contributed by atoms with Crippen LogP contribution in [-0.4, -0.2) is 44.7 Å². The maximum Gasteiger partial charge on any atom is 0.245 e. The first-order valence-corrected chi connectivity index (χ1v) is 8.34. The van der Waals surface area contributed by atoms with E-state index in [1.807, 2.05) is 19.9 Å². The molecule has 1 heterocycles. The van der Waals surface area contributed by atoms with Crippen molar-refractivity contribution in [3.8, 4) is 5.75 Å². The molecule has 0 aromatic heterocycles. The second-order valence-corrected chi connectivity index (χ2v) is 7.44. The van der Waals surface area contributed by atoms with E-state index in [0.717, 1.165) is 5.56 Å². The molecule has 0 spiro atoms. The zero-order valence-electron chi connectivity index (χ0n) is 12.7. The van der Waals surface area contributed by atoms with Crippen LogP contribution in [0.4, 0.5) is 0 Å². The molecule has 122 valence electrons. The van der Waals surface area contributed by atoms with Gasteiger partial charge in [0.2, 0.25) is 15.9 Å². The standard InChI is InChI=1S/C14H20N2O5S/c1-14(2)7-9-5-4-6-11(12(9)21-14)22(19,20)16-10(8-17)13(18)15-3/h4-6,10,16-17H,7-8H2,1-3H3,(H,15,18)/t10-/m1/s1. The molecule has 0 bridgehead atoms. The number of carbonyl (C=O) groups excluding carboxylic acids is 1. The smallest absolute Gasteiger partial charge is 0.245 e. The summed E-state index contributed by atoms with van der Waals surface area (Å²) in [5.41, 5.74) is 0.318. The molecule has 3 N–H and O–H groups in total. The van der Waals surface area contributed by atoms with Crippen molar-refractivity contribution in [3.63, 3.8) is 0 Å². The average molecular weight is 328 g/mol. The van der Waals surface area contributed by atoms with E-state index in [1.54, 1.807) is 6.07 Å². The van der Waals surface area contributed by atoms with Gasteiger partial charge in [-0.05, 0) is 25.5 Å². The van der Waals surface area contributed by atoms with Crippen molar-refractivity contribution in [2.45, 2.75) is 36.8 Å². The SMILES string of the molecule is CNC(=O)[C@@H](CO)NS(=O)(=O)c1cccc2c1OC(C)(C)C2. The highest BCUT2D eigenvalue weighted by Gasteiger charge is 2.36. The summed E-state index contributed by atoms with van der Waals surface area (Å²) in [6.45, 7) is 3.11. The van der Waals surface area contributed by atoms with Crippen molar-refractivity contribution >= 4 is 15.9 Å². The minimum Gasteiger partial charge on any atom is -0.486 e. The summed E-state index contributed by atoms with van der Waals surface area (Å²) in [7, 11) is -2.63. The zero-order valence-corrected chi connectivity index (χ0v) is 13.5. The number of likely N-dealkylation sites (N-methyl/N-ethyl adjacent to an activating group) is 1. The van der Waals surface area contributed by atoms with Crippen LogP contribution in [0.15, 0.2) is 23.1 Å². The number of nitrogens with one attached hydrogen (secondary N) is 2. The molecule has 22 heavy (non-hydrogen) atoms. The van der Waals surface area contributed by atoms with E-state index in [0.29, 0.717) is 12.2 Å². The number of aliphatic hydroxyl groups is 1. The van der Waals surface area contributed by atoms with E-state index < -0.39 is 34.2 Å². The van der Waals surface area contributed by atoms with Crippen LogP contribution in [0.5, 0.6) is 5.75 Å². The molecule has 8 heteroatoms. The van der Waals surface area contributed by atoms with Crippen LogP contribution in [-0.2, 0) is 21.2 Å². The van der Waals surface area contributed by atoms with Crippen LogP contribution in [0.2, 0.25) is 0 Å². The second-order valence-electron chi connectivity index (χ2n) is 5.75. The van der Waals surface area contributed by atoms with Gasteiger partial charge in [-0.15, -0.1) is 0 Å². The van der Waals surface area contributed by atoms with Crippen LogP contribution in [0.3, 0.4) is 0 Å². The molecule has 0 fully saturated rings. The molecule has 1 atom stereocenters. The van der Waals surface area contributed by atoms with Gasteiger partial charge in [0, 0.05) is 13.5 Å². The molecule has 0 unspecified atom stereocenters. The molecule has 0 saturated carbocycles. The lowest BCUT2D eigenvalue weighted by atomic mass is 10.0. The first-order valence-electron chi connectivity index (χ1n) is 6.86. The van der Waals surface area contributed by atoms with Crippen LogP contribution < -0.4 is 14.8 Å². The normalized spacial score (nSPS) is 17.5. The molecule has 1 aromatic rings. The molecule has 1 aromatic carbocycles. The fourth-order valence-electron chi connectivity index (χ4n) is 2.40. The number of hydrogen-bond acceptors (Lipinski definition) is 5. The van der Waals surface area contributed by atoms with E-state index >= 15 is 0 Å². The second kappa shape index (κ2) is 5.86. The van der Waals surface area contributed by atoms with Crippen molar-refractivity contribution in [3.05, 3.63) is 23.8 Å². The lowest BCUT2D eigenvalue weighted by molar-refractivity contribution is -0.123. The Kier molecular flexibility index (Phi) is 4.46. The molecule has 1 aliphatic rings. The third kappa shape index (κ3) is 3.23. The van der Waals surface area contributed by atoms with Crippen LogP contribution in [0, 0.1) is 0 Å². The Labute approximate surface area is 129 Å². The minimum absolute atomic E-state index is 0.0297. The lowest BCUT2D eigenvalue weighted by Gasteiger charge is -2.19. The first-order chi connectivity index (χ1) is 10.2. The highest BCUT2D eigenvalue weighted by atomic mass is 32.2. The van der Waals surface area contributed by atoms with Gasteiger partial charge in [-0.3, -0.25) is 4.79 Å². The van der Waals surface area contributed by atoms with E-state index in [4.69, 9.17) is 4.74 Å². The molecule has 7 nitrogen and oxygen atoms in total. The number of aliphatic hydroxyl groups excluding tert-OH is 1. The van der Waals surface area contributed by atoms with Gasteiger partial charge >= 0.3 is 0 Å². The number of rotatable bonds is 5. The summed E-state index contributed by atoms with van der Waals surface area (Å²) in [5, 5.41) is 11.5. The number of ether oxygens (including phenoxy) is 1. The highest BCUT2D eigenvalue weighted by molar-refractivity contribution is 7.89. The Morgan fingerprint density at radius 1 is 1.45 bits per heavy atom. The summed E-state index contributed by atoms with van der Waals surface area (Å²) in [6, 6.07) is 3.61. The molecular weight excluding hydrogens is 308 g/mol. The first kappa shape index (κ1) is 16.7. The van der Waals surface area contributed by atoms with E-state index in [9.17, 15) is 18.3 Å². The quantitative estimate of drug-likeness (QED) is 0.693. The third-order valence-electron chi connectivity index (χ3n) is 3.39. The van der Waals surface area contributed by atoms with Crippen molar-refractivity contribution in [1.29, 1.82) is 0 Å². The van der Waals surface area contributed by atoms with Crippen LogP contribution in [0.25, 0.3) is 0 Å². The summed E-state index contributed by atoms with van der Waals surface area (Å²) < 4.78 is 32.9. The topological polar surface area (TPSA) is 105 Å². The molecule has 1 aliphatic heterocycles. The molecule has 1 amide bonds. The molecule has 0 aliphatic carbocycles. The summed E-state index contributed by atoms with van der Waals surface area (Å²) >= 11 is 0. The summed E-state index contributed by atoms with van der Waals surface area (Å²) in [4.78, 5) is 11.5. The Morgan fingerprint density at radius 2 is 2.14 bits per heavy atom. The van der Waals surface area contributed by atoms with Gasteiger partial charge in [0.05, 0.1) is 6.61 Å². The zero-order chi connectivity index (χ0) is 16.5. The molecule has 0 radical (unpaired) electrons. The maximum atomic E-state index is 12.5. The van der Waals surface area contributed by atoms with Gasteiger partial charge in [-0.1, -0.05) is 12.1 Å². The van der Waals surface area contributed by atoms with Crippen molar-refractivity contribution in [2.24, 2.45) is 0 Å². The van der Waals surface area contributed by atoms with Crippen LogP contribution in [0.1, 0.15) is 19.4 Å². The third-order valence-corrected chi connectivity index (χ3v) is 4.88. The summed E-state index contributed by atoms with van der Waals surface area (Å²) in [5.74, 6) is -0.312. The van der Waals surface area contributed by atoms with Crippen molar-refractivity contribution in [1.82, 2.24) is 10.0 Å². The Hall–Kier alpha value is -1.64. The predicted octanol–water partition coefficient (Wildman–Crippen LogP) is -0.215. The average Bonchev–Trinajstić information content (AvgIpc) is 2.77. The van der Waals surface area contributed by atoms with Crippen LogP contribution >= 0.6 is 0 Å². The summed E-state index contributed by atoms with van der Waals surface area (Å²) in [6.07, 6.45) is 0.602. The molecular formula is C14H20N2O5S. The number of amides is 1. The predicted molar refractivity (Wildman–Crippen MR) is 80.1 cm³/mol. The Bertz CT molecular complexity index is 684. The van der Waals surface area contributed by atoms with Gasteiger partial charge in [0.25, 0.3) is 0 Å².